The van der Waals surface area contributed by atoms with Crippen LogP contribution >= 0.6 is 11.3 Å². The maximum atomic E-state index is 15.5. The van der Waals surface area contributed by atoms with Crippen molar-refractivity contribution < 1.29 is 31.5 Å². The maximum Gasteiger partial charge on any atom is 0.281 e. The van der Waals surface area contributed by atoms with Crippen molar-refractivity contribution in [1.82, 2.24) is 20.2 Å². The van der Waals surface area contributed by atoms with Gasteiger partial charge in [0, 0.05) is 50.1 Å². The number of carbonyl (C=O) groups excluding carboxylic acids is 1. The fraction of sp³-hybridized carbons (Fsp3) is 0.640. The van der Waals surface area contributed by atoms with Gasteiger partial charge in [-0.2, -0.15) is 0 Å². The molecule has 12 heteroatoms. The summed E-state index contributed by atoms with van der Waals surface area (Å²) in [7, 11) is 0. The molecule has 0 radical (unpaired) electrons. The standard InChI is InChI=1S/C25H31F5N4O2S/c1-24(28,29)15-36-23-33-18-6-12-34(13-7-19(18)37-23)14-10-25(30)8-4-16(5-9-25)32-22(35)17-3-2-11-31-20(17)21(26)27/h2-3,11,16,21H,4-10,12-15H2,1H3,(H,32,35)/t16-,25+. The van der Waals surface area contributed by atoms with Crippen molar-refractivity contribution >= 4 is 17.2 Å². The lowest BCUT2D eigenvalue weighted by atomic mass is 9.81. The minimum atomic E-state index is -2.91. The highest BCUT2D eigenvalue weighted by molar-refractivity contribution is 7.13. The van der Waals surface area contributed by atoms with Crippen LogP contribution in [0.5, 0.6) is 5.19 Å². The number of halogens is 5. The largest absolute Gasteiger partial charge is 0.464 e. The molecule has 0 atom stereocenters. The van der Waals surface area contributed by atoms with E-state index < -0.39 is 36.2 Å². The van der Waals surface area contributed by atoms with Crippen molar-refractivity contribution in [2.45, 2.75) is 75.9 Å². The molecule has 1 amide bonds. The highest BCUT2D eigenvalue weighted by Crippen LogP contribution is 2.36. The molecular weight excluding hydrogens is 515 g/mol. The number of hydrogen-bond acceptors (Lipinski definition) is 6. The maximum absolute atomic E-state index is 15.5. The number of thiazole rings is 1. The van der Waals surface area contributed by atoms with Gasteiger partial charge in [-0.05, 0) is 50.7 Å². The summed E-state index contributed by atoms with van der Waals surface area (Å²) in [6.07, 6.45) is 1.56. The number of aromatic nitrogens is 2. The SMILES string of the molecule is CC(F)(F)COc1nc2c(s1)CCN(CC[C@]1(F)CC[C@@H](NC(=O)c3cccnc3C(F)F)CC1)CC2. The molecule has 1 aliphatic carbocycles. The second-order valence-electron chi connectivity index (χ2n) is 9.94. The lowest BCUT2D eigenvalue weighted by Gasteiger charge is -2.35. The van der Waals surface area contributed by atoms with Crippen molar-refractivity contribution in [3.8, 4) is 5.19 Å². The Morgan fingerprint density at radius 3 is 2.73 bits per heavy atom. The molecule has 0 saturated heterocycles. The molecule has 6 nitrogen and oxygen atoms in total. The highest BCUT2D eigenvalue weighted by Gasteiger charge is 2.36. The number of alkyl halides is 5. The van der Waals surface area contributed by atoms with Crippen molar-refractivity contribution in [3.63, 3.8) is 0 Å². The van der Waals surface area contributed by atoms with Gasteiger partial charge < -0.3 is 15.0 Å². The summed E-state index contributed by atoms with van der Waals surface area (Å²) in [6.45, 7) is 2.12. The molecule has 2 aromatic rings. The third-order valence-electron chi connectivity index (χ3n) is 6.91. The Bertz CT molecular complexity index is 1040. The highest BCUT2D eigenvalue weighted by atomic mass is 32.1. The minimum absolute atomic E-state index is 0.152. The van der Waals surface area contributed by atoms with Gasteiger partial charge in [-0.1, -0.05) is 11.3 Å². The van der Waals surface area contributed by atoms with Crippen LogP contribution in [0.1, 0.15) is 72.1 Å². The number of amides is 1. The molecule has 0 unspecified atom stereocenters. The average molecular weight is 547 g/mol. The van der Waals surface area contributed by atoms with E-state index in [2.05, 4.69) is 20.2 Å². The van der Waals surface area contributed by atoms with Crippen LogP contribution in [0.2, 0.25) is 0 Å². The monoisotopic (exact) mass is 546 g/mol. The van der Waals surface area contributed by atoms with E-state index in [4.69, 9.17) is 4.74 Å². The summed E-state index contributed by atoms with van der Waals surface area (Å²) < 4.78 is 73.0. The third-order valence-corrected chi connectivity index (χ3v) is 7.98. The Balaban J connectivity index is 1.21. The van der Waals surface area contributed by atoms with Gasteiger partial charge in [0.25, 0.3) is 23.4 Å². The van der Waals surface area contributed by atoms with E-state index >= 15 is 4.39 Å². The number of ether oxygens (including phenoxy) is 1. The van der Waals surface area contributed by atoms with Crippen molar-refractivity contribution in [2.24, 2.45) is 0 Å². The molecule has 0 spiro atoms. The van der Waals surface area contributed by atoms with Gasteiger partial charge in [0.15, 0.2) is 6.61 Å². The van der Waals surface area contributed by atoms with Gasteiger partial charge in [-0.15, -0.1) is 0 Å². The number of rotatable bonds is 9. The second kappa shape index (κ2) is 11.6. The summed E-state index contributed by atoms with van der Waals surface area (Å²) in [4.78, 5) is 23.7. The van der Waals surface area contributed by atoms with Gasteiger partial charge in [0.2, 0.25) is 0 Å². The second-order valence-corrected chi connectivity index (χ2v) is 11.0. The zero-order valence-corrected chi connectivity index (χ0v) is 21.4. The van der Waals surface area contributed by atoms with Gasteiger partial charge in [-0.25, -0.2) is 26.9 Å². The smallest absolute Gasteiger partial charge is 0.281 e. The van der Waals surface area contributed by atoms with Crippen LogP contribution in [0.25, 0.3) is 0 Å². The number of hydrogen-bond donors (Lipinski definition) is 1. The zero-order valence-electron chi connectivity index (χ0n) is 20.6. The first-order valence-electron chi connectivity index (χ1n) is 12.5. The first-order valence-corrected chi connectivity index (χ1v) is 13.3. The normalized spacial score (nSPS) is 22.9. The van der Waals surface area contributed by atoms with Gasteiger partial charge in [0.05, 0.1) is 11.3 Å². The van der Waals surface area contributed by atoms with Crippen molar-refractivity contribution in [1.29, 1.82) is 0 Å². The Morgan fingerprint density at radius 2 is 2.03 bits per heavy atom. The lowest BCUT2D eigenvalue weighted by Crippen LogP contribution is -2.43. The number of carbonyl (C=O) groups is 1. The summed E-state index contributed by atoms with van der Waals surface area (Å²) in [5, 5.41) is 3.03. The van der Waals surface area contributed by atoms with E-state index in [1.807, 2.05) is 0 Å². The summed E-state index contributed by atoms with van der Waals surface area (Å²) in [5.41, 5.74) is -1.19. The zero-order chi connectivity index (χ0) is 26.6. The van der Waals surface area contributed by atoms with Crippen molar-refractivity contribution in [2.75, 3.05) is 26.2 Å². The Morgan fingerprint density at radius 1 is 1.30 bits per heavy atom. The first-order chi connectivity index (χ1) is 17.5. The number of pyridine rings is 1. The van der Waals surface area contributed by atoms with Crippen LogP contribution in [-0.2, 0) is 12.8 Å². The quantitative estimate of drug-likeness (QED) is 0.428. The molecule has 1 N–H and O–H groups in total. The van der Waals surface area contributed by atoms with Gasteiger partial charge in [0.1, 0.15) is 11.4 Å². The molecule has 0 bridgehead atoms. The molecule has 2 aliphatic rings. The summed E-state index contributed by atoms with van der Waals surface area (Å²) in [5.74, 6) is -3.52. The Kier molecular flexibility index (Phi) is 8.67. The van der Waals surface area contributed by atoms with E-state index in [0.29, 0.717) is 45.2 Å². The van der Waals surface area contributed by atoms with Crippen LogP contribution < -0.4 is 10.1 Å². The van der Waals surface area contributed by atoms with Crippen LogP contribution in [0, 0.1) is 0 Å². The topological polar surface area (TPSA) is 67.3 Å². The van der Waals surface area contributed by atoms with E-state index in [-0.39, 0.29) is 29.6 Å². The molecule has 1 fully saturated rings. The molecule has 2 aromatic heterocycles. The van der Waals surface area contributed by atoms with Crippen molar-refractivity contribution in [3.05, 3.63) is 40.2 Å². The van der Waals surface area contributed by atoms with Crippen LogP contribution in [0.15, 0.2) is 18.3 Å². The average Bonchev–Trinajstić information content (AvgIpc) is 3.15. The molecule has 4 rings (SSSR count). The summed E-state index contributed by atoms with van der Waals surface area (Å²) in [6, 6.07) is 2.48. The number of nitrogens with zero attached hydrogens (tertiary/aromatic N) is 3. The molecule has 0 aromatic carbocycles. The predicted molar refractivity (Wildman–Crippen MR) is 129 cm³/mol. The Labute approximate surface area is 216 Å². The predicted octanol–water partition coefficient (Wildman–Crippen LogP) is 5.38. The molecule has 1 saturated carbocycles. The molecule has 204 valence electrons. The number of nitrogens with one attached hydrogen (secondary N) is 1. The van der Waals surface area contributed by atoms with Crippen LogP contribution in [0.4, 0.5) is 22.0 Å². The summed E-state index contributed by atoms with van der Waals surface area (Å²) >= 11 is 1.30. The molecule has 1 aliphatic heterocycles. The molecule has 37 heavy (non-hydrogen) atoms. The molecule has 3 heterocycles. The fourth-order valence-electron chi connectivity index (χ4n) is 4.79. The van der Waals surface area contributed by atoms with Crippen LogP contribution in [0.3, 0.4) is 0 Å². The van der Waals surface area contributed by atoms with Gasteiger partial charge >= 0.3 is 0 Å². The minimum Gasteiger partial charge on any atom is -0.464 e. The van der Waals surface area contributed by atoms with Gasteiger partial charge in [-0.3, -0.25) is 9.78 Å². The number of fused-ring (bicyclic) bond motifs is 1. The van der Waals surface area contributed by atoms with E-state index in [1.54, 1.807) is 0 Å². The third kappa shape index (κ3) is 7.59. The molecular formula is C25H31F5N4O2S. The lowest BCUT2D eigenvalue weighted by molar-refractivity contribution is -0.0230. The fourth-order valence-corrected chi connectivity index (χ4v) is 5.74. The van der Waals surface area contributed by atoms with E-state index in [0.717, 1.165) is 24.0 Å². The first kappa shape index (κ1) is 27.7. The Hall–Kier alpha value is -2.34. The van der Waals surface area contributed by atoms with Crippen LogP contribution in [-0.4, -0.2) is 64.6 Å². The van der Waals surface area contributed by atoms with E-state index in [9.17, 15) is 22.4 Å². The van der Waals surface area contributed by atoms with E-state index in [1.165, 1.54) is 29.7 Å².